The van der Waals surface area contributed by atoms with E-state index in [-0.39, 0.29) is 17.4 Å². The van der Waals surface area contributed by atoms with E-state index in [1.54, 1.807) is 18.3 Å². The highest BCUT2D eigenvalue weighted by atomic mass is 35.5. The van der Waals surface area contributed by atoms with Crippen LogP contribution >= 0.6 is 11.6 Å². The van der Waals surface area contributed by atoms with Crippen LogP contribution in [0.2, 0.25) is 5.02 Å². The molecule has 1 aliphatic rings. The molecular formula is C17H18ClFN2O3S. The molecule has 1 unspecified atom stereocenters. The molecule has 1 aromatic carbocycles. The van der Waals surface area contributed by atoms with Crippen LogP contribution in [0.15, 0.2) is 47.5 Å². The summed E-state index contributed by atoms with van der Waals surface area (Å²) in [7, 11) is -3.86. The molecule has 0 aliphatic carbocycles. The van der Waals surface area contributed by atoms with Crippen LogP contribution in [-0.2, 0) is 10.0 Å². The second kappa shape index (κ2) is 7.68. The lowest BCUT2D eigenvalue weighted by Crippen LogP contribution is -2.41. The third kappa shape index (κ3) is 4.11. The van der Waals surface area contributed by atoms with Crippen molar-refractivity contribution in [2.45, 2.75) is 17.7 Å². The van der Waals surface area contributed by atoms with Crippen LogP contribution in [0.1, 0.15) is 12.8 Å². The zero-order valence-corrected chi connectivity index (χ0v) is 15.0. The minimum atomic E-state index is -3.86. The smallest absolute Gasteiger partial charge is 0.245 e. The van der Waals surface area contributed by atoms with Crippen LogP contribution in [0.5, 0.6) is 5.88 Å². The standard InChI is InChI=1S/C17H18ClFN2O3S/c18-14-6-3-9-20-17(14)24-12-13-5-4-10-21(11-13)25(22,23)16-8-2-1-7-15(16)19/h1-3,6-9,13H,4-5,10-12H2. The van der Waals surface area contributed by atoms with Crippen molar-refractivity contribution in [1.29, 1.82) is 0 Å². The van der Waals surface area contributed by atoms with Gasteiger partial charge in [-0.25, -0.2) is 17.8 Å². The van der Waals surface area contributed by atoms with E-state index in [1.807, 2.05) is 0 Å². The molecule has 1 fully saturated rings. The lowest BCUT2D eigenvalue weighted by molar-refractivity contribution is 0.176. The summed E-state index contributed by atoms with van der Waals surface area (Å²) < 4.78 is 46.2. The maximum atomic E-state index is 13.9. The first kappa shape index (κ1) is 18.1. The molecule has 0 amide bonds. The molecule has 0 radical (unpaired) electrons. The van der Waals surface area contributed by atoms with Crippen molar-refractivity contribution in [2.75, 3.05) is 19.7 Å². The van der Waals surface area contributed by atoms with Gasteiger partial charge in [0.15, 0.2) is 0 Å². The van der Waals surface area contributed by atoms with Gasteiger partial charge in [0.05, 0.1) is 6.61 Å². The number of hydrogen-bond acceptors (Lipinski definition) is 4. The molecule has 2 aromatic rings. The fourth-order valence-corrected chi connectivity index (χ4v) is 4.64. The van der Waals surface area contributed by atoms with Gasteiger partial charge in [-0.15, -0.1) is 0 Å². The van der Waals surface area contributed by atoms with Crippen molar-refractivity contribution in [3.63, 3.8) is 0 Å². The van der Waals surface area contributed by atoms with Crippen molar-refractivity contribution >= 4 is 21.6 Å². The zero-order valence-electron chi connectivity index (χ0n) is 13.4. The van der Waals surface area contributed by atoms with E-state index in [1.165, 1.54) is 22.5 Å². The lowest BCUT2D eigenvalue weighted by Gasteiger charge is -2.31. The molecule has 2 heterocycles. The number of halogens is 2. The molecule has 134 valence electrons. The van der Waals surface area contributed by atoms with E-state index >= 15 is 0 Å². The normalized spacial score (nSPS) is 18.9. The van der Waals surface area contributed by atoms with Crippen LogP contribution in [0.4, 0.5) is 4.39 Å². The van der Waals surface area contributed by atoms with Crippen LogP contribution in [0.25, 0.3) is 0 Å². The first-order chi connectivity index (χ1) is 12.0. The lowest BCUT2D eigenvalue weighted by atomic mass is 10.0. The van der Waals surface area contributed by atoms with Gasteiger partial charge >= 0.3 is 0 Å². The highest BCUT2D eigenvalue weighted by Gasteiger charge is 2.32. The van der Waals surface area contributed by atoms with Gasteiger partial charge in [-0.3, -0.25) is 0 Å². The van der Waals surface area contributed by atoms with Gasteiger partial charge in [-0.05, 0) is 37.1 Å². The molecule has 1 aliphatic heterocycles. The van der Waals surface area contributed by atoms with Crippen molar-refractivity contribution in [1.82, 2.24) is 9.29 Å². The Morgan fingerprint density at radius 2 is 2.08 bits per heavy atom. The fourth-order valence-electron chi connectivity index (χ4n) is 2.85. The van der Waals surface area contributed by atoms with E-state index < -0.39 is 15.8 Å². The summed E-state index contributed by atoms with van der Waals surface area (Å²) in [5.74, 6) is -0.409. The van der Waals surface area contributed by atoms with E-state index in [2.05, 4.69) is 4.98 Å². The summed E-state index contributed by atoms with van der Waals surface area (Å²) in [4.78, 5) is 3.77. The van der Waals surface area contributed by atoms with Crippen molar-refractivity contribution in [2.24, 2.45) is 5.92 Å². The Hall–Kier alpha value is -1.70. The summed E-state index contributed by atoms with van der Waals surface area (Å²) in [6.45, 7) is 0.957. The van der Waals surface area contributed by atoms with E-state index in [0.29, 0.717) is 30.5 Å². The van der Waals surface area contributed by atoms with Gasteiger partial charge in [0.1, 0.15) is 15.7 Å². The minimum Gasteiger partial charge on any atom is -0.476 e. The second-order valence-corrected chi connectivity index (χ2v) is 8.22. The van der Waals surface area contributed by atoms with Gasteiger partial charge in [-0.1, -0.05) is 23.7 Å². The van der Waals surface area contributed by atoms with Crippen molar-refractivity contribution in [3.8, 4) is 5.88 Å². The van der Waals surface area contributed by atoms with Gasteiger partial charge in [0, 0.05) is 25.2 Å². The molecule has 1 atom stereocenters. The maximum absolute atomic E-state index is 13.9. The summed E-state index contributed by atoms with van der Waals surface area (Å²) in [5, 5.41) is 0.411. The van der Waals surface area contributed by atoms with Gasteiger partial charge in [-0.2, -0.15) is 4.31 Å². The van der Waals surface area contributed by atoms with Crippen LogP contribution < -0.4 is 4.74 Å². The zero-order chi connectivity index (χ0) is 17.9. The average Bonchev–Trinajstić information content (AvgIpc) is 2.61. The predicted molar refractivity (Wildman–Crippen MR) is 92.6 cm³/mol. The topological polar surface area (TPSA) is 59.5 Å². The Morgan fingerprint density at radius 1 is 1.28 bits per heavy atom. The van der Waals surface area contributed by atoms with Crippen molar-refractivity contribution in [3.05, 3.63) is 53.4 Å². The number of benzene rings is 1. The highest BCUT2D eigenvalue weighted by molar-refractivity contribution is 7.89. The molecule has 25 heavy (non-hydrogen) atoms. The Kier molecular flexibility index (Phi) is 5.56. The number of nitrogens with zero attached hydrogens (tertiary/aromatic N) is 2. The first-order valence-electron chi connectivity index (χ1n) is 7.96. The quantitative estimate of drug-likeness (QED) is 0.793. The number of rotatable bonds is 5. The fraction of sp³-hybridized carbons (Fsp3) is 0.353. The summed E-state index contributed by atoms with van der Waals surface area (Å²) in [5.41, 5.74) is 0. The molecule has 8 heteroatoms. The Bertz CT molecular complexity index is 847. The average molecular weight is 385 g/mol. The molecule has 1 aromatic heterocycles. The number of sulfonamides is 1. The summed E-state index contributed by atoms with van der Waals surface area (Å²) in [6, 6.07) is 8.82. The molecule has 3 rings (SSSR count). The highest BCUT2D eigenvalue weighted by Crippen LogP contribution is 2.27. The molecule has 0 spiro atoms. The Balaban J connectivity index is 1.69. The molecule has 0 saturated carbocycles. The van der Waals surface area contributed by atoms with Crippen LogP contribution in [0.3, 0.4) is 0 Å². The van der Waals surface area contributed by atoms with E-state index in [0.717, 1.165) is 12.5 Å². The molecule has 0 N–H and O–H groups in total. The molecule has 5 nitrogen and oxygen atoms in total. The monoisotopic (exact) mass is 384 g/mol. The Labute approximate surface area is 151 Å². The second-order valence-electron chi connectivity index (χ2n) is 5.90. The van der Waals surface area contributed by atoms with Crippen molar-refractivity contribution < 1.29 is 17.5 Å². The number of pyridine rings is 1. The maximum Gasteiger partial charge on any atom is 0.245 e. The number of piperidine rings is 1. The summed E-state index contributed by atoms with van der Waals surface area (Å²) >= 11 is 6.01. The first-order valence-corrected chi connectivity index (χ1v) is 9.78. The number of hydrogen-bond donors (Lipinski definition) is 0. The SMILES string of the molecule is O=S(=O)(c1ccccc1F)N1CCCC(COc2ncccc2Cl)C1. The Morgan fingerprint density at radius 3 is 2.84 bits per heavy atom. The third-order valence-electron chi connectivity index (χ3n) is 4.12. The number of ether oxygens (including phenoxy) is 1. The van der Waals surface area contributed by atoms with Gasteiger partial charge in [0.25, 0.3) is 0 Å². The third-order valence-corrected chi connectivity index (χ3v) is 6.30. The van der Waals surface area contributed by atoms with Gasteiger partial charge < -0.3 is 4.74 Å². The summed E-state index contributed by atoms with van der Waals surface area (Å²) in [6.07, 6.45) is 3.10. The number of aromatic nitrogens is 1. The molecular weight excluding hydrogens is 367 g/mol. The van der Waals surface area contributed by atoms with Gasteiger partial charge in [0.2, 0.25) is 15.9 Å². The largest absolute Gasteiger partial charge is 0.476 e. The predicted octanol–water partition coefficient (Wildman–Crippen LogP) is 3.35. The van der Waals surface area contributed by atoms with E-state index in [4.69, 9.17) is 16.3 Å². The molecule has 0 bridgehead atoms. The minimum absolute atomic E-state index is 0.00614. The van der Waals surface area contributed by atoms with Crippen LogP contribution in [0, 0.1) is 11.7 Å². The van der Waals surface area contributed by atoms with Crippen LogP contribution in [-0.4, -0.2) is 37.4 Å². The van der Waals surface area contributed by atoms with E-state index in [9.17, 15) is 12.8 Å². The molecule has 1 saturated heterocycles.